The SMILES string of the molecule is COc1cc(C(=O)OCC(=O)Nc2cc(C)ccc2C)c(Br)c(OC)c1OC. The van der Waals surface area contributed by atoms with Crippen molar-refractivity contribution in [2.24, 2.45) is 0 Å². The van der Waals surface area contributed by atoms with Gasteiger partial charge in [0, 0.05) is 5.69 Å². The second kappa shape index (κ2) is 9.45. The normalized spacial score (nSPS) is 10.2. The maximum atomic E-state index is 12.5. The predicted octanol–water partition coefficient (Wildman–Crippen LogP) is 3.89. The Kier molecular flexibility index (Phi) is 7.28. The summed E-state index contributed by atoms with van der Waals surface area (Å²) in [5, 5.41) is 2.74. The first kappa shape index (κ1) is 21.6. The highest BCUT2D eigenvalue weighted by atomic mass is 79.9. The summed E-state index contributed by atoms with van der Waals surface area (Å²) < 4.78 is 21.3. The van der Waals surface area contributed by atoms with Crippen LogP contribution in [-0.4, -0.2) is 39.8 Å². The fourth-order valence-corrected chi connectivity index (χ4v) is 3.15. The van der Waals surface area contributed by atoms with Gasteiger partial charge >= 0.3 is 5.97 Å². The van der Waals surface area contributed by atoms with Crippen LogP contribution in [0.25, 0.3) is 0 Å². The summed E-state index contributed by atoms with van der Waals surface area (Å²) in [6.07, 6.45) is 0. The summed E-state index contributed by atoms with van der Waals surface area (Å²) in [5.74, 6) is -0.225. The van der Waals surface area contributed by atoms with Crippen molar-refractivity contribution in [2.45, 2.75) is 13.8 Å². The van der Waals surface area contributed by atoms with Crippen molar-refractivity contribution in [3.8, 4) is 17.2 Å². The van der Waals surface area contributed by atoms with E-state index in [1.165, 1.54) is 27.4 Å². The third kappa shape index (κ3) is 4.75. The van der Waals surface area contributed by atoms with Gasteiger partial charge in [-0.2, -0.15) is 0 Å². The molecule has 0 aromatic heterocycles. The van der Waals surface area contributed by atoms with E-state index in [2.05, 4.69) is 21.2 Å². The highest BCUT2D eigenvalue weighted by Gasteiger charge is 2.24. The van der Waals surface area contributed by atoms with Crippen molar-refractivity contribution in [3.05, 3.63) is 45.4 Å². The van der Waals surface area contributed by atoms with E-state index < -0.39 is 18.5 Å². The van der Waals surface area contributed by atoms with Gasteiger partial charge in [-0.3, -0.25) is 4.79 Å². The minimum Gasteiger partial charge on any atom is -0.493 e. The van der Waals surface area contributed by atoms with Gasteiger partial charge in [0.2, 0.25) is 5.75 Å². The Bertz CT molecular complexity index is 897. The monoisotopic (exact) mass is 451 g/mol. The van der Waals surface area contributed by atoms with Crippen LogP contribution in [0.15, 0.2) is 28.7 Å². The number of hydrogen-bond donors (Lipinski definition) is 1. The van der Waals surface area contributed by atoms with Crippen LogP contribution in [0.2, 0.25) is 0 Å². The molecule has 0 spiro atoms. The molecule has 0 saturated heterocycles. The fourth-order valence-electron chi connectivity index (χ4n) is 2.54. The van der Waals surface area contributed by atoms with Crippen molar-refractivity contribution < 1.29 is 28.5 Å². The molecule has 0 radical (unpaired) electrons. The Labute approximate surface area is 172 Å². The van der Waals surface area contributed by atoms with Gasteiger partial charge in [-0.05, 0) is 53.0 Å². The Morgan fingerprint density at radius 3 is 2.29 bits per heavy atom. The molecule has 0 unspecified atom stereocenters. The highest BCUT2D eigenvalue weighted by Crippen LogP contribution is 2.44. The number of methoxy groups -OCH3 is 3. The Balaban J connectivity index is 2.14. The fraction of sp³-hybridized carbons (Fsp3) is 0.300. The van der Waals surface area contributed by atoms with Crippen LogP contribution < -0.4 is 19.5 Å². The van der Waals surface area contributed by atoms with Crippen molar-refractivity contribution >= 4 is 33.5 Å². The Morgan fingerprint density at radius 2 is 1.68 bits per heavy atom. The van der Waals surface area contributed by atoms with Crippen LogP contribution in [0.4, 0.5) is 5.69 Å². The molecule has 2 aromatic rings. The molecule has 2 aromatic carbocycles. The largest absolute Gasteiger partial charge is 0.493 e. The maximum absolute atomic E-state index is 12.5. The average molecular weight is 452 g/mol. The molecule has 0 atom stereocenters. The van der Waals surface area contributed by atoms with Crippen LogP contribution in [-0.2, 0) is 9.53 Å². The van der Waals surface area contributed by atoms with E-state index in [9.17, 15) is 9.59 Å². The second-order valence-corrected chi connectivity index (χ2v) is 6.74. The first-order chi connectivity index (χ1) is 13.3. The lowest BCUT2D eigenvalue weighted by Gasteiger charge is -2.16. The standard InChI is InChI=1S/C20H22BrNO6/c1-11-6-7-12(2)14(8-11)22-16(23)10-28-20(24)13-9-15(25-3)18(26-4)19(27-5)17(13)21/h6-9H,10H2,1-5H3,(H,22,23). The molecule has 0 bridgehead atoms. The molecule has 0 aliphatic heterocycles. The summed E-state index contributed by atoms with van der Waals surface area (Å²) in [5.41, 5.74) is 2.75. The van der Waals surface area contributed by atoms with Crippen LogP contribution in [0.5, 0.6) is 17.2 Å². The number of hydrogen-bond acceptors (Lipinski definition) is 6. The van der Waals surface area contributed by atoms with Crippen LogP contribution >= 0.6 is 15.9 Å². The van der Waals surface area contributed by atoms with Crippen molar-refractivity contribution in [2.75, 3.05) is 33.3 Å². The lowest BCUT2D eigenvalue weighted by atomic mass is 10.1. The summed E-state index contributed by atoms with van der Waals surface area (Å²) in [7, 11) is 4.34. The van der Waals surface area contributed by atoms with Gasteiger partial charge in [0.15, 0.2) is 18.1 Å². The first-order valence-electron chi connectivity index (χ1n) is 8.35. The van der Waals surface area contributed by atoms with Gasteiger partial charge in [0.1, 0.15) is 0 Å². The van der Waals surface area contributed by atoms with E-state index >= 15 is 0 Å². The molecular weight excluding hydrogens is 430 g/mol. The van der Waals surface area contributed by atoms with Gasteiger partial charge in [-0.1, -0.05) is 12.1 Å². The number of anilines is 1. The summed E-state index contributed by atoms with van der Waals surface area (Å²) in [4.78, 5) is 24.7. The van der Waals surface area contributed by atoms with E-state index in [0.717, 1.165) is 11.1 Å². The number of nitrogens with one attached hydrogen (secondary N) is 1. The molecule has 2 rings (SSSR count). The number of ether oxygens (including phenoxy) is 4. The zero-order valence-electron chi connectivity index (χ0n) is 16.3. The van der Waals surface area contributed by atoms with Crippen LogP contribution in [0.3, 0.4) is 0 Å². The molecule has 7 nitrogen and oxygen atoms in total. The number of amides is 1. The molecule has 1 amide bonds. The van der Waals surface area contributed by atoms with Crippen LogP contribution in [0, 0.1) is 13.8 Å². The molecular formula is C20H22BrNO6. The second-order valence-electron chi connectivity index (χ2n) is 5.95. The number of halogens is 1. The number of carbonyl (C=O) groups is 2. The minimum atomic E-state index is -0.706. The first-order valence-corrected chi connectivity index (χ1v) is 9.14. The summed E-state index contributed by atoms with van der Waals surface area (Å²) >= 11 is 3.31. The zero-order valence-corrected chi connectivity index (χ0v) is 17.9. The molecule has 0 heterocycles. The molecule has 0 fully saturated rings. The van der Waals surface area contributed by atoms with E-state index in [4.69, 9.17) is 18.9 Å². The van der Waals surface area contributed by atoms with Gasteiger partial charge in [-0.25, -0.2) is 4.79 Å². The smallest absolute Gasteiger partial charge is 0.340 e. The molecule has 0 saturated carbocycles. The van der Waals surface area contributed by atoms with Crippen molar-refractivity contribution in [3.63, 3.8) is 0 Å². The molecule has 0 aliphatic carbocycles. The molecule has 0 aliphatic rings. The lowest BCUT2D eigenvalue weighted by molar-refractivity contribution is -0.119. The Hall–Kier alpha value is -2.74. The third-order valence-corrected chi connectivity index (χ3v) is 4.78. The zero-order chi connectivity index (χ0) is 20.8. The summed E-state index contributed by atoms with van der Waals surface area (Å²) in [6, 6.07) is 7.16. The van der Waals surface area contributed by atoms with Gasteiger partial charge in [0.25, 0.3) is 5.91 Å². The molecule has 8 heteroatoms. The number of carbonyl (C=O) groups excluding carboxylic acids is 2. The maximum Gasteiger partial charge on any atom is 0.340 e. The van der Waals surface area contributed by atoms with E-state index in [0.29, 0.717) is 21.7 Å². The summed E-state index contributed by atoms with van der Waals surface area (Å²) in [6.45, 7) is 3.38. The van der Waals surface area contributed by atoms with Crippen molar-refractivity contribution in [1.82, 2.24) is 0 Å². The quantitative estimate of drug-likeness (QED) is 0.642. The molecule has 150 valence electrons. The lowest BCUT2D eigenvalue weighted by Crippen LogP contribution is -2.21. The highest BCUT2D eigenvalue weighted by molar-refractivity contribution is 9.10. The Morgan fingerprint density at radius 1 is 1.00 bits per heavy atom. The molecule has 1 N–H and O–H groups in total. The predicted molar refractivity (Wildman–Crippen MR) is 109 cm³/mol. The van der Waals surface area contributed by atoms with Gasteiger partial charge in [0.05, 0.1) is 31.4 Å². The van der Waals surface area contributed by atoms with E-state index in [1.807, 2.05) is 32.0 Å². The van der Waals surface area contributed by atoms with Gasteiger partial charge < -0.3 is 24.3 Å². The average Bonchev–Trinajstić information content (AvgIpc) is 2.68. The van der Waals surface area contributed by atoms with E-state index in [-0.39, 0.29) is 11.3 Å². The van der Waals surface area contributed by atoms with Gasteiger partial charge in [-0.15, -0.1) is 0 Å². The minimum absolute atomic E-state index is 0.147. The molecule has 28 heavy (non-hydrogen) atoms. The van der Waals surface area contributed by atoms with E-state index in [1.54, 1.807) is 0 Å². The van der Waals surface area contributed by atoms with Crippen molar-refractivity contribution in [1.29, 1.82) is 0 Å². The number of benzene rings is 2. The number of rotatable bonds is 7. The third-order valence-electron chi connectivity index (χ3n) is 3.99. The topological polar surface area (TPSA) is 83.1 Å². The number of esters is 1. The number of aryl methyl sites for hydroxylation is 2. The van der Waals surface area contributed by atoms with Crippen LogP contribution in [0.1, 0.15) is 21.5 Å².